The minimum absolute atomic E-state index is 0.347. The van der Waals surface area contributed by atoms with Gasteiger partial charge in [0.25, 0.3) is 0 Å². The van der Waals surface area contributed by atoms with Crippen molar-refractivity contribution in [3.8, 4) is 0 Å². The second kappa shape index (κ2) is 5.97. The van der Waals surface area contributed by atoms with E-state index in [-0.39, 0.29) is 5.82 Å². The molecule has 1 aliphatic rings. The fourth-order valence-corrected chi connectivity index (χ4v) is 2.08. The first-order valence-corrected chi connectivity index (χ1v) is 6.08. The predicted octanol–water partition coefficient (Wildman–Crippen LogP) is 0.571. The Balaban J connectivity index is 1.93. The largest absolute Gasteiger partial charge is 0.397 e. The van der Waals surface area contributed by atoms with E-state index in [1.807, 2.05) is 4.90 Å². The van der Waals surface area contributed by atoms with Crippen LogP contribution in [0.25, 0.3) is 0 Å². The van der Waals surface area contributed by atoms with Crippen LogP contribution in [0.3, 0.4) is 0 Å². The lowest BCUT2D eigenvalue weighted by Gasteiger charge is -2.35. The Morgan fingerprint density at radius 1 is 1.39 bits per heavy atom. The number of halogens is 1. The summed E-state index contributed by atoms with van der Waals surface area (Å²) >= 11 is 0. The number of rotatable bonds is 4. The molecule has 6 heteroatoms. The molecule has 0 aromatic carbocycles. The van der Waals surface area contributed by atoms with Gasteiger partial charge in [0, 0.05) is 45.9 Å². The number of nitrogen functional groups attached to an aromatic ring is 1. The van der Waals surface area contributed by atoms with Crippen LogP contribution in [0, 0.1) is 5.82 Å². The molecular formula is C12H19FN4O. The van der Waals surface area contributed by atoms with Crippen LogP contribution < -0.4 is 10.6 Å². The standard InChI is InChI=1S/C12H19FN4O/c1-18-7-6-16-2-4-17(5-3-16)12-11(13)8-10(14)9-15-12/h8-9H,2-7,14H2,1H3. The number of hydrogen-bond donors (Lipinski definition) is 1. The van der Waals surface area contributed by atoms with E-state index >= 15 is 0 Å². The van der Waals surface area contributed by atoms with E-state index in [9.17, 15) is 4.39 Å². The fraction of sp³-hybridized carbons (Fsp3) is 0.583. The van der Waals surface area contributed by atoms with Gasteiger partial charge >= 0.3 is 0 Å². The van der Waals surface area contributed by atoms with Crippen molar-refractivity contribution >= 4 is 11.5 Å². The number of pyridine rings is 1. The Hall–Kier alpha value is -1.40. The summed E-state index contributed by atoms with van der Waals surface area (Å²) in [5, 5.41) is 0. The van der Waals surface area contributed by atoms with Gasteiger partial charge in [0.2, 0.25) is 0 Å². The molecule has 5 nitrogen and oxygen atoms in total. The number of ether oxygens (including phenoxy) is 1. The molecule has 2 heterocycles. The van der Waals surface area contributed by atoms with E-state index in [2.05, 4.69) is 9.88 Å². The third-order valence-electron chi connectivity index (χ3n) is 3.13. The maximum absolute atomic E-state index is 13.7. The van der Waals surface area contributed by atoms with Crippen molar-refractivity contribution in [1.29, 1.82) is 0 Å². The van der Waals surface area contributed by atoms with Gasteiger partial charge in [-0.15, -0.1) is 0 Å². The molecule has 1 aromatic rings. The van der Waals surface area contributed by atoms with Gasteiger partial charge in [0.1, 0.15) is 0 Å². The van der Waals surface area contributed by atoms with Crippen molar-refractivity contribution in [3.63, 3.8) is 0 Å². The van der Waals surface area contributed by atoms with Gasteiger partial charge in [-0.05, 0) is 0 Å². The normalized spacial score (nSPS) is 17.1. The molecule has 100 valence electrons. The van der Waals surface area contributed by atoms with Crippen LogP contribution in [0.2, 0.25) is 0 Å². The molecule has 0 saturated carbocycles. The van der Waals surface area contributed by atoms with Crippen LogP contribution in [0.15, 0.2) is 12.3 Å². The molecule has 0 atom stereocenters. The van der Waals surface area contributed by atoms with Gasteiger partial charge < -0.3 is 15.4 Å². The van der Waals surface area contributed by atoms with E-state index in [4.69, 9.17) is 10.5 Å². The van der Waals surface area contributed by atoms with Gasteiger partial charge in [-0.1, -0.05) is 0 Å². The van der Waals surface area contributed by atoms with E-state index in [0.29, 0.717) is 11.5 Å². The van der Waals surface area contributed by atoms with E-state index in [1.165, 1.54) is 12.3 Å². The Kier molecular flexibility index (Phi) is 4.33. The summed E-state index contributed by atoms with van der Waals surface area (Å²) < 4.78 is 18.8. The van der Waals surface area contributed by atoms with Crippen LogP contribution in [0.5, 0.6) is 0 Å². The lowest BCUT2D eigenvalue weighted by molar-refractivity contribution is 0.143. The average Bonchev–Trinajstić information content (AvgIpc) is 2.37. The summed E-state index contributed by atoms with van der Waals surface area (Å²) in [5.41, 5.74) is 5.85. The zero-order valence-corrected chi connectivity index (χ0v) is 10.6. The molecule has 18 heavy (non-hydrogen) atoms. The summed E-state index contributed by atoms with van der Waals surface area (Å²) in [7, 11) is 1.70. The Labute approximate surface area is 106 Å². The molecule has 0 bridgehead atoms. The van der Waals surface area contributed by atoms with E-state index in [0.717, 1.165) is 39.3 Å². The average molecular weight is 254 g/mol. The van der Waals surface area contributed by atoms with Crippen LogP contribution in [0.1, 0.15) is 0 Å². The molecule has 0 unspecified atom stereocenters. The van der Waals surface area contributed by atoms with Gasteiger partial charge in [0.05, 0.1) is 18.5 Å². The van der Waals surface area contributed by atoms with Crippen LogP contribution >= 0.6 is 0 Å². The number of hydrogen-bond acceptors (Lipinski definition) is 5. The van der Waals surface area contributed by atoms with Crippen molar-refractivity contribution in [2.75, 3.05) is 57.1 Å². The van der Waals surface area contributed by atoms with Gasteiger partial charge in [-0.3, -0.25) is 4.90 Å². The minimum Gasteiger partial charge on any atom is -0.397 e. The topological polar surface area (TPSA) is 54.6 Å². The molecule has 1 aliphatic heterocycles. The fourth-order valence-electron chi connectivity index (χ4n) is 2.08. The second-order valence-corrected chi connectivity index (χ2v) is 4.40. The third kappa shape index (κ3) is 3.08. The molecule has 1 aromatic heterocycles. The monoisotopic (exact) mass is 254 g/mol. The SMILES string of the molecule is COCCN1CCN(c2ncc(N)cc2F)CC1. The Morgan fingerprint density at radius 2 is 2.11 bits per heavy atom. The summed E-state index contributed by atoms with van der Waals surface area (Å²) in [4.78, 5) is 8.33. The summed E-state index contributed by atoms with van der Waals surface area (Å²) in [5.74, 6) is 0.0518. The first-order valence-electron chi connectivity index (χ1n) is 6.08. The zero-order valence-electron chi connectivity index (χ0n) is 10.6. The van der Waals surface area contributed by atoms with Gasteiger partial charge in [-0.25, -0.2) is 9.37 Å². The van der Waals surface area contributed by atoms with Crippen molar-refractivity contribution in [2.24, 2.45) is 0 Å². The molecule has 2 N–H and O–H groups in total. The maximum atomic E-state index is 13.7. The molecule has 1 fully saturated rings. The molecule has 0 amide bonds. The summed E-state index contributed by atoms with van der Waals surface area (Å²) in [6.45, 7) is 5.00. The highest BCUT2D eigenvalue weighted by molar-refractivity contribution is 5.47. The van der Waals surface area contributed by atoms with Crippen LogP contribution in [-0.2, 0) is 4.74 Å². The number of piperazine rings is 1. The summed E-state index contributed by atoms with van der Waals surface area (Å²) in [6, 6.07) is 1.32. The first kappa shape index (κ1) is 13.0. The number of anilines is 2. The number of methoxy groups -OCH3 is 1. The third-order valence-corrected chi connectivity index (χ3v) is 3.13. The lowest BCUT2D eigenvalue weighted by atomic mass is 10.3. The van der Waals surface area contributed by atoms with Crippen molar-refractivity contribution in [2.45, 2.75) is 0 Å². The number of nitrogens with two attached hydrogens (primary N) is 1. The van der Waals surface area contributed by atoms with Crippen LogP contribution in [0.4, 0.5) is 15.9 Å². The van der Waals surface area contributed by atoms with Gasteiger partial charge in [0.15, 0.2) is 11.6 Å². The number of aromatic nitrogens is 1. The van der Waals surface area contributed by atoms with Crippen molar-refractivity contribution in [1.82, 2.24) is 9.88 Å². The highest BCUT2D eigenvalue weighted by Crippen LogP contribution is 2.19. The highest BCUT2D eigenvalue weighted by Gasteiger charge is 2.20. The van der Waals surface area contributed by atoms with E-state index in [1.54, 1.807) is 7.11 Å². The molecule has 2 rings (SSSR count). The highest BCUT2D eigenvalue weighted by atomic mass is 19.1. The van der Waals surface area contributed by atoms with Crippen molar-refractivity contribution in [3.05, 3.63) is 18.1 Å². The second-order valence-electron chi connectivity index (χ2n) is 4.40. The van der Waals surface area contributed by atoms with Gasteiger partial charge in [-0.2, -0.15) is 0 Å². The molecule has 1 saturated heterocycles. The quantitative estimate of drug-likeness (QED) is 0.851. The molecule has 0 spiro atoms. The van der Waals surface area contributed by atoms with Crippen LogP contribution in [-0.4, -0.2) is 56.3 Å². The minimum atomic E-state index is -0.347. The summed E-state index contributed by atoms with van der Waals surface area (Å²) in [6.07, 6.45) is 1.50. The molecular weight excluding hydrogens is 235 g/mol. The first-order chi connectivity index (χ1) is 8.70. The molecule has 0 aliphatic carbocycles. The maximum Gasteiger partial charge on any atom is 0.167 e. The number of nitrogens with zero attached hydrogens (tertiary/aromatic N) is 3. The van der Waals surface area contributed by atoms with E-state index < -0.39 is 0 Å². The molecule has 0 radical (unpaired) electrons. The lowest BCUT2D eigenvalue weighted by Crippen LogP contribution is -2.47. The predicted molar refractivity (Wildman–Crippen MR) is 69.1 cm³/mol. The zero-order chi connectivity index (χ0) is 13.0. The Bertz CT molecular complexity index is 394. The van der Waals surface area contributed by atoms with Crippen molar-refractivity contribution < 1.29 is 9.13 Å². The smallest absolute Gasteiger partial charge is 0.167 e. The Morgan fingerprint density at radius 3 is 2.72 bits per heavy atom.